The van der Waals surface area contributed by atoms with Crippen molar-refractivity contribution in [2.75, 3.05) is 5.75 Å². The largest absolute Gasteiger partial charge is 0.467 e. The smallest absolute Gasteiger partial charge is 0.253 e. The molecule has 1 aromatic carbocycles. The molecule has 1 amide bonds. The van der Waals surface area contributed by atoms with E-state index >= 15 is 0 Å². The highest BCUT2D eigenvalue weighted by molar-refractivity contribution is 7.99. The first-order chi connectivity index (χ1) is 15.5. The number of carbonyl (C=O) groups excluding carboxylic acids is 1. The summed E-state index contributed by atoms with van der Waals surface area (Å²) in [6.45, 7) is 3.86. The van der Waals surface area contributed by atoms with Crippen molar-refractivity contribution in [3.05, 3.63) is 76.5 Å². The normalized spacial score (nSPS) is 16.0. The number of thioether (sulfide) groups is 1. The van der Waals surface area contributed by atoms with Crippen LogP contribution in [0, 0.1) is 13.8 Å². The Bertz CT molecular complexity index is 1320. The molecule has 32 heavy (non-hydrogen) atoms. The maximum Gasteiger partial charge on any atom is 0.253 e. The quantitative estimate of drug-likeness (QED) is 0.403. The molecule has 0 radical (unpaired) electrons. The molecule has 5 rings (SSSR count). The second-order valence-corrected chi connectivity index (χ2v) is 8.84. The molecule has 4 aromatic rings. The third-order valence-corrected chi connectivity index (χ3v) is 6.21. The summed E-state index contributed by atoms with van der Waals surface area (Å²) in [7, 11) is 0. The molecular formula is C22H19ClN6O2S. The molecule has 0 aliphatic carbocycles. The number of aryl methyl sites for hydroxylation is 2. The lowest BCUT2D eigenvalue weighted by molar-refractivity contribution is -0.130. The Labute approximate surface area is 193 Å². The number of aromatic nitrogens is 4. The van der Waals surface area contributed by atoms with E-state index in [1.807, 2.05) is 56.3 Å². The average molecular weight is 467 g/mol. The molecule has 0 unspecified atom stereocenters. The van der Waals surface area contributed by atoms with Gasteiger partial charge in [0.2, 0.25) is 5.16 Å². The maximum atomic E-state index is 13.1. The molecule has 162 valence electrons. The number of nitrogens with zero attached hydrogens (tertiary/aromatic N) is 6. The predicted octanol–water partition coefficient (Wildman–Crippen LogP) is 4.46. The minimum Gasteiger partial charge on any atom is -0.467 e. The number of amides is 1. The topological polar surface area (TPSA) is 88.9 Å². The number of hydrogen-bond acceptors (Lipinski definition) is 7. The van der Waals surface area contributed by atoms with Gasteiger partial charge in [-0.15, -0.1) is 5.10 Å². The van der Waals surface area contributed by atoms with Gasteiger partial charge in [-0.05, 0) is 49.7 Å². The van der Waals surface area contributed by atoms with E-state index in [0.29, 0.717) is 28.1 Å². The summed E-state index contributed by atoms with van der Waals surface area (Å²) in [5, 5.41) is 11.7. The first-order valence-corrected chi connectivity index (χ1v) is 11.4. The standard InChI is InChI=1S/C22H19ClN6O2S/c1-13-10-14(2)28-21(24-13)25-22(27-28)32-12-20(30)29-18(19-4-3-9-31-19)11-17(26-29)15-5-7-16(23)8-6-15/h3-10,18H,11-12H2,1-2H3/t18-/m1/s1. The van der Waals surface area contributed by atoms with Gasteiger partial charge in [0, 0.05) is 22.8 Å². The summed E-state index contributed by atoms with van der Waals surface area (Å²) in [6, 6.07) is 12.7. The number of fused-ring (bicyclic) bond motifs is 1. The molecule has 1 atom stereocenters. The lowest BCUT2D eigenvalue weighted by Gasteiger charge is -2.19. The van der Waals surface area contributed by atoms with Crippen LogP contribution in [0.4, 0.5) is 0 Å². The van der Waals surface area contributed by atoms with Gasteiger partial charge in [-0.2, -0.15) is 10.1 Å². The SMILES string of the molecule is Cc1cc(C)n2nc(SCC(=O)N3N=C(c4ccc(Cl)cc4)C[C@@H]3c3ccco3)nc2n1. The van der Waals surface area contributed by atoms with E-state index in [1.54, 1.807) is 10.8 Å². The fourth-order valence-corrected chi connectivity index (χ4v) is 4.46. The van der Waals surface area contributed by atoms with Gasteiger partial charge in [0.05, 0.1) is 17.7 Å². The van der Waals surface area contributed by atoms with Crippen LogP contribution >= 0.6 is 23.4 Å². The van der Waals surface area contributed by atoms with Crippen LogP contribution in [0.3, 0.4) is 0 Å². The Morgan fingerprint density at radius 1 is 1.22 bits per heavy atom. The van der Waals surface area contributed by atoms with Gasteiger partial charge >= 0.3 is 0 Å². The first-order valence-electron chi connectivity index (χ1n) is 10.0. The number of benzene rings is 1. The van der Waals surface area contributed by atoms with E-state index in [4.69, 9.17) is 16.0 Å². The van der Waals surface area contributed by atoms with Crippen LogP contribution in [0.2, 0.25) is 5.02 Å². The highest BCUT2D eigenvalue weighted by Crippen LogP contribution is 2.34. The molecule has 0 fully saturated rings. The number of furan rings is 1. The summed E-state index contributed by atoms with van der Waals surface area (Å²) >= 11 is 7.28. The molecule has 0 spiro atoms. The minimum atomic E-state index is -0.302. The number of carbonyl (C=O) groups is 1. The second kappa shape index (κ2) is 8.40. The molecular weight excluding hydrogens is 448 g/mol. The zero-order valence-corrected chi connectivity index (χ0v) is 19.0. The van der Waals surface area contributed by atoms with Crippen molar-refractivity contribution < 1.29 is 9.21 Å². The number of rotatable bonds is 5. The van der Waals surface area contributed by atoms with E-state index in [1.165, 1.54) is 16.8 Å². The Balaban J connectivity index is 1.37. The molecule has 1 aliphatic rings. The van der Waals surface area contributed by atoms with Crippen molar-refractivity contribution in [3.8, 4) is 0 Å². The summed E-state index contributed by atoms with van der Waals surface area (Å²) in [5.74, 6) is 1.20. The van der Waals surface area contributed by atoms with Crippen molar-refractivity contribution in [1.29, 1.82) is 0 Å². The Morgan fingerprint density at radius 2 is 2.03 bits per heavy atom. The maximum absolute atomic E-state index is 13.1. The van der Waals surface area contributed by atoms with E-state index in [0.717, 1.165) is 22.7 Å². The third kappa shape index (κ3) is 4.01. The number of hydrazone groups is 1. The monoisotopic (exact) mass is 466 g/mol. The van der Waals surface area contributed by atoms with Gasteiger partial charge in [0.1, 0.15) is 11.8 Å². The fourth-order valence-electron chi connectivity index (χ4n) is 3.66. The molecule has 0 saturated carbocycles. The zero-order valence-electron chi connectivity index (χ0n) is 17.4. The molecule has 3 aromatic heterocycles. The highest BCUT2D eigenvalue weighted by Gasteiger charge is 2.34. The van der Waals surface area contributed by atoms with Crippen LogP contribution in [0.5, 0.6) is 0 Å². The molecule has 8 nitrogen and oxygen atoms in total. The van der Waals surface area contributed by atoms with Crippen LogP contribution < -0.4 is 0 Å². The van der Waals surface area contributed by atoms with Crippen molar-refractivity contribution >= 4 is 40.8 Å². The summed E-state index contributed by atoms with van der Waals surface area (Å²) in [5.41, 5.74) is 3.54. The van der Waals surface area contributed by atoms with Crippen LogP contribution in [0.1, 0.15) is 35.2 Å². The van der Waals surface area contributed by atoms with Gasteiger partial charge in [-0.1, -0.05) is 35.5 Å². The van der Waals surface area contributed by atoms with Crippen molar-refractivity contribution in [2.24, 2.45) is 5.10 Å². The van der Waals surface area contributed by atoms with Gasteiger partial charge in [-0.3, -0.25) is 4.79 Å². The lowest BCUT2D eigenvalue weighted by atomic mass is 10.0. The van der Waals surface area contributed by atoms with Crippen LogP contribution in [-0.2, 0) is 4.79 Å². The third-order valence-electron chi connectivity index (χ3n) is 5.14. The summed E-state index contributed by atoms with van der Waals surface area (Å²) in [6.07, 6.45) is 2.16. The van der Waals surface area contributed by atoms with Crippen molar-refractivity contribution in [2.45, 2.75) is 31.5 Å². The number of halogens is 1. The molecule has 10 heteroatoms. The number of hydrogen-bond donors (Lipinski definition) is 0. The van der Waals surface area contributed by atoms with Crippen LogP contribution in [0.25, 0.3) is 5.78 Å². The summed E-state index contributed by atoms with van der Waals surface area (Å²) < 4.78 is 7.28. The van der Waals surface area contributed by atoms with Crippen molar-refractivity contribution in [3.63, 3.8) is 0 Å². The molecule has 1 aliphatic heterocycles. The Morgan fingerprint density at radius 3 is 2.78 bits per heavy atom. The molecule has 4 heterocycles. The Kier molecular flexibility index (Phi) is 5.44. The van der Waals surface area contributed by atoms with E-state index in [9.17, 15) is 4.79 Å². The van der Waals surface area contributed by atoms with Crippen LogP contribution in [0.15, 0.2) is 63.4 Å². The van der Waals surface area contributed by atoms with E-state index in [-0.39, 0.29) is 17.7 Å². The molecule has 0 bridgehead atoms. The molecule has 0 N–H and O–H groups in total. The van der Waals surface area contributed by atoms with Gasteiger partial charge in [-0.25, -0.2) is 14.5 Å². The fraction of sp³-hybridized carbons (Fsp3) is 0.227. The first kappa shape index (κ1) is 20.7. The van der Waals surface area contributed by atoms with Crippen molar-refractivity contribution in [1.82, 2.24) is 24.6 Å². The van der Waals surface area contributed by atoms with E-state index in [2.05, 4.69) is 20.2 Å². The van der Waals surface area contributed by atoms with Crippen LogP contribution in [-0.4, -0.2) is 42.0 Å². The summed E-state index contributed by atoms with van der Waals surface area (Å²) in [4.78, 5) is 22.0. The Hall–Kier alpha value is -3.17. The minimum absolute atomic E-state index is 0.142. The van der Waals surface area contributed by atoms with Gasteiger partial charge in [0.15, 0.2) is 0 Å². The average Bonchev–Trinajstić information content (AvgIpc) is 3.51. The second-order valence-electron chi connectivity index (χ2n) is 7.46. The molecule has 0 saturated heterocycles. The highest BCUT2D eigenvalue weighted by atomic mass is 35.5. The van der Waals surface area contributed by atoms with Gasteiger partial charge in [0.25, 0.3) is 11.7 Å². The lowest BCUT2D eigenvalue weighted by Crippen LogP contribution is -2.28. The predicted molar refractivity (Wildman–Crippen MR) is 122 cm³/mol. The van der Waals surface area contributed by atoms with E-state index < -0.39 is 0 Å². The van der Waals surface area contributed by atoms with Gasteiger partial charge < -0.3 is 4.42 Å². The zero-order chi connectivity index (χ0) is 22.2.